The molecule has 2 aliphatic rings. The van der Waals surface area contributed by atoms with Crippen LogP contribution in [0.3, 0.4) is 0 Å². The summed E-state index contributed by atoms with van der Waals surface area (Å²) in [4.78, 5) is 14.3. The van der Waals surface area contributed by atoms with E-state index in [9.17, 15) is 4.79 Å². The molecule has 1 unspecified atom stereocenters. The minimum atomic E-state index is 0.0240. The van der Waals surface area contributed by atoms with Gasteiger partial charge in [-0.3, -0.25) is 4.79 Å². The molecule has 3 rings (SSSR count). The zero-order valence-corrected chi connectivity index (χ0v) is 12.0. The number of amides is 1. The molecule has 1 aromatic carbocycles. The highest BCUT2D eigenvalue weighted by atomic mass is 79.9. The van der Waals surface area contributed by atoms with Crippen LogP contribution in [0.2, 0.25) is 0 Å². The number of aryl methyl sites for hydroxylation is 1. The summed E-state index contributed by atoms with van der Waals surface area (Å²) >= 11 is 3.48. The van der Waals surface area contributed by atoms with Gasteiger partial charge in [-0.1, -0.05) is 22.0 Å². The first-order chi connectivity index (χ1) is 8.65. The van der Waals surface area contributed by atoms with Crippen LogP contribution in [0, 0.1) is 6.92 Å². The van der Waals surface area contributed by atoms with E-state index in [0.717, 1.165) is 28.7 Å². The summed E-state index contributed by atoms with van der Waals surface area (Å²) in [7, 11) is 0. The Labute approximate surface area is 116 Å². The number of carbonyl (C=O) groups excluding carboxylic acids is 1. The van der Waals surface area contributed by atoms with Crippen LogP contribution < -0.4 is 10.2 Å². The normalized spacial score (nSPS) is 23.8. The van der Waals surface area contributed by atoms with E-state index in [2.05, 4.69) is 28.2 Å². The molecule has 18 heavy (non-hydrogen) atoms. The molecule has 0 spiro atoms. The third-order valence-electron chi connectivity index (χ3n) is 3.68. The van der Waals surface area contributed by atoms with E-state index in [-0.39, 0.29) is 11.9 Å². The largest absolute Gasteiger partial charge is 0.311 e. The van der Waals surface area contributed by atoms with Crippen molar-refractivity contribution in [1.29, 1.82) is 0 Å². The number of hydrogen-bond donors (Lipinski definition) is 1. The lowest BCUT2D eigenvalue weighted by molar-refractivity contribution is -0.118. The van der Waals surface area contributed by atoms with E-state index in [1.807, 2.05) is 23.1 Å². The Morgan fingerprint density at radius 3 is 2.83 bits per heavy atom. The maximum Gasteiger partial charge on any atom is 0.244 e. The predicted octanol–water partition coefficient (Wildman–Crippen LogP) is 2.61. The Balaban J connectivity index is 1.80. The molecule has 2 fully saturated rings. The summed E-state index contributed by atoms with van der Waals surface area (Å²) in [5.41, 5.74) is 2.19. The molecule has 1 N–H and O–H groups in total. The Bertz CT molecular complexity index is 485. The third kappa shape index (κ3) is 2.31. The highest BCUT2D eigenvalue weighted by Crippen LogP contribution is 2.29. The first-order valence-corrected chi connectivity index (χ1v) is 7.28. The smallest absolute Gasteiger partial charge is 0.244 e. The fourth-order valence-corrected chi connectivity index (χ4v) is 2.83. The highest BCUT2D eigenvalue weighted by Gasteiger charge is 2.36. The molecule has 3 nitrogen and oxygen atoms in total. The first kappa shape index (κ1) is 12.2. The number of nitrogens with zero attached hydrogens (tertiary/aromatic N) is 1. The third-order valence-corrected chi connectivity index (χ3v) is 4.17. The maximum absolute atomic E-state index is 12.4. The Hall–Kier alpha value is -0.870. The zero-order chi connectivity index (χ0) is 12.7. The van der Waals surface area contributed by atoms with Gasteiger partial charge in [0.2, 0.25) is 5.91 Å². The molecule has 0 aromatic heterocycles. The van der Waals surface area contributed by atoms with Gasteiger partial charge in [0.1, 0.15) is 0 Å². The van der Waals surface area contributed by atoms with E-state index < -0.39 is 0 Å². The van der Waals surface area contributed by atoms with E-state index in [0.29, 0.717) is 6.04 Å². The lowest BCUT2D eigenvalue weighted by Gasteiger charge is -2.19. The molecule has 1 amide bonds. The van der Waals surface area contributed by atoms with Crippen LogP contribution in [0.1, 0.15) is 24.8 Å². The second-order valence-corrected chi connectivity index (χ2v) is 6.12. The number of rotatable bonds is 3. The van der Waals surface area contributed by atoms with Gasteiger partial charge in [0.25, 0.3) is 0 Å². The quantitative estimate of drug-likeness (QED) is 0.931. The van der Waals surface area contributed by atoms with Gasteiger partial charge in [-0.05, 0) is 43.9 Å². The molecule has 0 bridgehead atoms. The Morgan fingerprint density at radius 1 is 1.33 bits per heavy atom. The van der Waals surface area contributed by atoms with Crippen molar-refractivity contribution in [2.45, 2.75) is 38.3 Å². The average molecular weight is 309 g/mol. The van der Waals surface area contributed by atoms with E-state index >= 15 is 0 Å². The zero-order valence-electron chi connectivity index (χ0n) is 10.4. The van der Waals surface area contributed by atoms with Crippen LogP contribution in [0.5, 0.6) is 0 Å². The lowest BCUT2D eigenvalue weighted by atomic mass is 10.2. The topological polar surface area (TPSA) is 32.3 Å². The molecule has 0 radical (unpaired) electrons. The van der Waals surface area contributed by atoms with Gasteiger partial charge in [-0.2, -0.15) is 0 Å². The number of nitrogens with one attached hydrogen (secondary N) is 1. The standard InChI is InChI=1S/C14H17BrN2O/c1-9-2-3-10(15)8-13(9)17-7-6-12(14(17)18)16-11-4-5-11/h2-3,8,11-12,16H,4-7H2,1H3. The van der Waals surface area contributed by atoms with Crippen molar-refractivity contribution in [3.63, 3.8) is 0 Å². The van der Waals surface area contributed by atoms with Crippen LogP contribution >= 0.6 is 15.9 Å². The summed E-state index contributed by atoms with van der Waals surface area (Å²) < 4.78 is 1.02. The van der Waals surface area contributed by atoms with Crippen molar-refractivity contribution >= 4 is 27.5 Å². The van der Waals surface area contributed by atoms with E-state index in [4.69, 9.17) is 0 Å². The number of hydrogen-bond acceptors (Lipinski definition) is 2. The summed E-state index contributed by atoms with van der Waals surface area (Å²) in [6.07, 6.45) is 3.36. The fourth-order valence-electron chi connectivity index (χ4n) is 2.48. The molecule has 1 saturated heterocycles. The van der Waals surface area contributed by atoms with Crippen molar-refractivity contribution < 1.29 is 4.79 Å². The highest BCUT2D eigenvalue weighted by molar-refractivity contribution is 9.10. The summed E-state index contributed by atoms with van der Waals surface area (Å²) in [5.74, 6) is 0.225. The molecule has 1 saturated carbocycles. The minimum Gasteiger partial charge on any atom is -0.311 e. The molecule has 1 aliphatic heterocycles. The molecule has 1 atom stereocenters. The lowest BCUT2D eigenvalue weighted by Crippen LogP contribution is -2.39. The van der Waals surface area contributed by atoms with Crippen LogP contribution in [0.25, 0.3) is 0 Å². The second kappa shape index (κ2) is 4.67. The monoisotopic (exact) mass is 308 g/mol. The predicted molar refractivity (Wildman–Crippen MR) is 75.8 cm³/mol. The average Bonchev–Trinajstić information content (AvgIpc) is 3.09. The Morgan fingerprint density at radius 2 is 2.11 bits per heavy atom. The van der Waals surface area contributed by atoms with Crippen LogP contribution in [0.4, 0.5) is 5.69 Å². The van der Waals surface area contributed by atoms with Gasteiger partial charge < -0.3 is 10.2 Å². The van der Waals surface area contributed by atoms with E-state index in [1.165, 1.54) is 12.8 Å². The van der Waals surface area contributed by atoms with Crippen molar-refractivity contribution in [2.75, 3.05) is 11.4 Å². The van der Waals surface area contributed by atoms with Gasteiger partial charge >= 0.3 is 0 Å². The van der Waals surface area contributed by atoms with Gasteiger partial charge in [0, 0.05) is 22.7 Å². The van der Waals surface area contributed by atoms with Crippen molar-refractivity contribution in [3.8, 4) is 0 Å². The van der Waals surface area contributed by atoms with Gasteiger partial charge in [-0.25, -0.2) is 0 Å². The molecule has 4 heteroatoms. The molecular weight excluding hydrogens is 292 g/mol. The number of halogens is 1. The van der Waals surface area contributed by atoms with Crippen LogP contribution in [0.15, 0.2) is 22.7 Å². The summed E-state index contributed by atoms with van der Waals surface area (Å²) in [6.45, 7) is 2.87. The SMILES string of the molecule is Cc1ccc(Br)cc1N1CCC(NC2CC2)C1=O. The maximum atomic E-state index is 12.4. The number of benzene rings is 1. The second-order valence-electron chi connectivity index (χ2n) is 5.20. The van der Waals surface area contributed by atoms with Crippen LogP contribution in [-0.2, 0) is 4.79 Å². The summed E-state index contributed by atoms with van der Waals surface area (Å²) in [5, 5.41) is 3.43. The molecule has 1 heterocycles. The molecular formula is C14H17BrN2O. The fraction of sp³-hybridized carbons (Fsp3) is 0.500. The minimum absolute atomic E-state index is 0.0240. The van der Waals surface area contributed by atoms with Crippen molar-refractivity contribution in [3.05, 3.63) is 28.2 Å². The van der Waals surface area contributed by atoms with Crippen molar-refractivity contribution in [1.82, 2.24) is 5.32 Å². The van der Waals surface area contributed by atoms with E-state index in [1.54, 1.807) is 0 Å². The van der Waals surface area contributed by atoms with Crippen LogP contribution in [-0.4, -0.2) is 24.5 Å². The summed E-state index contributed by atoms with van der Waals surface area (Å²) in [6, 6.07) is 6.71. The van der Waals surface area contributed by atoms with Gasteiger partial charge in [-0.15, -0.1) is 0 Å². The molecule has 96 valence electrons. The Kier molecular flexibility index (Phi) is 3.16. The number of anilines is 1. The van der Waals surface area contributed by atoms with Crippen molar-refractivity contribution in [2.24, 2.45) is 0 Å². The van der Waals surface area contributed by atoms with Gasteiger partial charge in [0.15, 0.2) is 0 Å². The molecule has 1 aliphatic carbocycles. The molecule has 1 aromatic rings. The van der Waals surface area contributed by atoms with Gasteiger partial charge in [0.05, 0.1) is 6.04 Å². The first-order valence-electron chi connectivity index (χ1n) is 6.49. The number of carbonyl (C=O) groups is 1.